The van der Waals surface area contributed by atoms with Crippen LogP contribution in [-0.2, 0) is 22.5 Å². The summed E-state index contributed by atoms with van der Waals surface area (Å²) < 4.78 is 26.6. The van der Waals surface area contributed by atoms with Gasteiger partial charge in [0.1, 0.15) is 10.3 Å². The maximum atomic E-state index is 12.9. The van der Waals surface area contributed by atoms with Crippen LogP contribution < -0.4 is 15.1 Å². The van der Waals surface area contributed by atoms with Gasteiger partial charge in [-0.3, -0.25) is 9.59 Å². The third-order valence-corrected chi connectivity index (χ3v) is 6.63. The molecule has 1 aliphatic heterocycles. The molecule has 0 unspecified atom stereocenters. The topological polar surface area (TPSA) is 98.1 Å². The van der Waals surface area contributed by atoms with Crippen LogP contribution in [0.1, 0.15) is 36.7 Å². The standard InChI is InChI=1S/C22H31N3O5S/c1-22(2,3)31(28)23-7-6-15-12-16(21(27)24(4)5)13-17-18(26)14-19(30-20(15)17)25-8-10-29-11-9-25/h12-14,23H,6-11H2,1-5H3/t31-/m1/s1. The van der Waals surface area contributed by atoms with Crippen LogP contribution in [-0.4, -0.2) is 67.1 Å². The Morgan fingerprint density at radius 1 is 1.23 bits per heavy atom. The smallest absolute Gasteiger partial charge is 0.253 e. The van der Waals surface area contributed by atoms with Gasteiger partial charge in [0.2, 0.25) is 0 Å². The van der Waals surface area contributed by atoms with E-state index in [-0.39, 0.29) is 16.1 Å². The molecule has 1 aliphatic rings. The van der Waals surface area contributed by atoms with Gasteiger partial charge in [-0.1, -0.05) is 0 Å². The zero-order valence-corrected chi connectivity index (χ0v) is 19.6. The number of rotatable bonds is 6. The minimum Gasteiger partial charge on any atom is -0.598 e. The van der Waals surface area contributed by atoms with E-state index in [4.69, 9.17) is 9.15 Å². The van der Waals surface area contributed by atoms with Crippen LogP contribution in [0.2, 0.25) is 0 Å². The second-order valence-corrected chi connectivity index (χ2v) is 10.8. The van der Waals surface area contributed by atoms with E-state index in [1.165, 1.54) is 11.0 Å². The summed E-state index contributed by atoms with van der Waals surface area (Å²) in [5, 5.41) is 0.372. The number of amides is 1. The van der Waals surface area contributed by atoms with Crippen molar-refractivity contribution < 1.29 is 18.5 Å². The van der Waals surface area contributed by atoms with Crippen LogP contribution in [0.4, 0.5) is 5.88 Å². The van der Waals surface area contributed by atoms with E-state index >= 15 is 0 Å². The fourth-order valence-corrected chi connectivity index (χ4v) is 4.04. The Hall–Kier alpha value is -2.07. The molecule has 1 amide bonds. The number of ether oxygens (including phenoxy) is 1. The first-order valence-corrected chi connectivity index (χ1v) is 11.5. The number of benzene rings is 1. The van der Waals surface area contributed by atoms with Crippen molar-refractivity contribution >= 4 is 34.1 Å². The van der Waals surface area contributed by atoms with Gasteiger partial charge in [0.05, 0.1) is 18.6 Å². The summed E-state index contributed by atoms with van der Waals surface area (Å²) in [5.74, 6) is 0.311. The SMILES string of the molecule is CN(C)C(=O)c1cc(CCN[S@+]([O-])C(C)(C)C)c2oc(N3CCOCC3)cc(=O)c2c1. The molecule has 31 heavy (non-hydrogen) atoms. The van der Waals surface area contributed by atoms with Gasteiger partial charge in [-0.25, -0.2) is 0 Å². The Morgan fingerprint density at radius 2 is 1.90 bits per heavy atom. The number of nitrogens with zero attached hydrogens (tertiary/aromatic N) is 2. The summed E-state index contributed by atoms with van der Waals surface area (Å²) in [5.41, 5.74) is 1.43. The number of fused-ring (bicyclic) bond motifs is 1. The summed E-state index contributed by atoms with van der Waals surface area (Å²) in [6.07, 6.45) is 0.461. The molecule has 1 aromatic carbocycles. The fourth-order valence-electron chi connectivity index (χ4n) is 3.32. The van der Waals surface area contributed by atoms with E-state index in [9.17, 15) is 14.1 Å². The molecule has 1 atom stereocenters. The summed E-state index contributed by atoms with van der Waals surface area (Å²) in [6, 6.07) is 4.84. The van der Waals surface area contributed by atoms with E-state index in [0.29, 0.717) is 61.7 Å². The number of hydrogen-bond donors (Lipinski definition) is 1. The predicted octanol–water partition coefficient (Wildman–Crippen LogP) is 1.93. The zero-order chi connectivity index (χ0) is 22.8. The van der Waals surface area contributed by atoms with Crippen LogP contribution in [0.25, 0.3) is 11.0 Å². The van der Waals surface area contributed by atoms with Crippen molar-refractivity contribution in [3.8, 4) is 0 Å². The maximum absolute atomic E-state index is 12.9. The van der Waals surface area contributed by atoms with E-state index in [2.05, 4.69) is 4.72 Å². The van der Waals surface area contributed by atoms with Gasteiger partial charge in [-0.15, -0.1) is 4.72 Å². The molecule has 2 heterocycles. The molecule has 9 heteroatoms. The minimum absolute atomic E-state index is 0.189. The normalized spacial score (nSPS) is 15.9. The molecular weight excluding hydrogens is 418 g/mol. The highest BCUT2D eigenvalue weighted by atomic mass is 32.2. The van der Waals surface area contributed by atoms with Gasteiger partial charge in [0, 0.05) is 56.7 Å². The molecule has 0 aliphatic carbocycles. The Bertz CT molecular complexity index is 993. The molecule has 1 saturated heterocycles. The first kappa shape index (κ1) is 23.6. The highest BCUT2D eigenvalue weighted by molar-refractivity contribution is 7.90. The molecular formula is C22H31N3O5S. The Morgan fingerprint density at radius 3 is 2.52 bits per heavy atom. The average Bonchev–Trinajstić information content (AvgIpc) is 2.73. The zero-order valence-electron chi connectivity index (χ0n) is 18.8. The second-order valence-electron chi connectivity index (χ2n) is 8.79. The Balaban J connectivity index is 2.01. The van der Waals surface area contributed by atoms with Gasteiger partial charge in [0.25, 0.3) is 5.91 Å². The van der Waals surface area contributed by atoms with Crippen molar-refractivity contribution in [2.24, 2.45) is 0 Å². The van der Waals surface area contributed by atoms with Crippen molar-refractivity contribution in [2.45, 2.75) is 31.9 Å². The highest BCUT2D eigenvalue weighted by Crippen LogP contribution is 2.26. The molecule has 2 aromatic rings. The lowest BCUT2D eigenvalue weighted by Gasteiger charge is -2.27. The Kier molecular flexibility index (Phi) is 7.31. The number of hydrogen-bond acceptors (Lipinski definition) is 7. The number of nitrogens with one attached hydrogen (secondary N) is 1. The number of anilines is 1. The quantitative estimate of drug-likeness (QED) is 0.673. The molecule has 1 fully saturated rings. The molecule has 1 N–H and O–H groups in total. The van der Waals surface area contributed by atoms with Crippen molar-refractivity contribution in [3.63, 3.8) is 0 Å². The molecule has 0 saturated carbocycles. The van der Waals surface area contributed by atoms with Crippen LogP contribution in [0.15, 0.2) is 27.4 Å². The third kappa shape index (κ3) is 5.60. The highest BCUT2D eigenvalue weighted by Gasteiger charge is 2.26. The lowest BCUT2D eigenvalue weighted by Crippen LogP contribution is -2.40. The number of carbonyl (C=O) groups excluding carboxylic acids is 1. The van der Waals surface area contributed by atoms with E-state index in [1.807, 2.05) is 25.7 Å². The molecule has 0 spiro atoms. The van der Waals surface area contributed by atoms with Crippen molar-refractivity contribution in [1.29, 1.82) is 0 Å². The van der Waals surface area contributed by atoms with E-state index in [0.717, 1.165) is 5.56 Å². The molecule has 1 aromatic heterocycles. The summed E-state index contributed by atoms with van der Waals surface area (Å²) >= 11 is -1.22. The molecule has 8 nitrogen and oxygen atoms in total. The number of morpholine rings is 1. The van der Waals surface area contributed by atoms with Crippen LogP contribution in [0.5, 0.6) is 0 Å². The first-order chi connectivity index (χ1) is 14.6. The van der Waals surface area contributed by atoms with Gasteiger partial charge in [0.15, 0.2) is 11.3 Å². The van der Waals surface area contributed by atoms with Crippen LogP contribution in [0.3, 0.4) is 0 Å². The van der Waals surface area contributed by atoms with Gasteiger partial charge in [-0.2, -0.15) is 0 Å². The monoisotopic (exact) mass is 449 g/mol. The summed E-state index contributed by atoms with van der Waals surface area (Å²) in [4.78, 5) is 29.0. The van der Waals surface area contributed by atoms with Crippen molar-refractivity contribution in [2.75, 3.05) is 51.8 Å². The lowest BCUT2D eigenvalue weighted by molar-refractivity contribution is 0.0827. The molecule has 170 valence electrons. The van der Waals surface area contributed by atoms with Crippen LogP contribution >= 0.6 is 0 Å². The Labute approximate surface area is 185 Å². The molecule has 3 rings (SSSR count). The third-order valence-electron chi connectivity index (χ3n) is 5.05. The fraction of sp³-hybridized carbons (Fsp3) is 0.545. The predicted molar refractivity (Wildman–Crippen MR) is 123 cm³/mol. The number of carbonyl (C=O) groups is 1. The van der Waals surface area contributed by atoms with Crippen molar-refractivity contribution in [3.05, 3.63) is 39.5 Å². The molecule has 0 radical (unpaired) electrons. The average molecular weight is 450 g/mol. The lowest BCUT2D eigenvalue weighted by atomic mass is 10.0. The summed E-state index contributed by atoms with van der Waals surface area (Å²) in [7, 11) is 3.34. The first-order valence-electron chi connectivity index (χ1n) is 10.4. The maximum Gasteiger partial charge on any atom is 0.253 e. The minimum atomic E-state index is -1.22. The largest absolute Gasteiger partial charge is 0.598 e. The van der Waals surface area contributed by atoms with Gasteiger partial charge < -0.3 is 23.5 Å². The van der Waals surface area contributed by atoms with Crippen LogP contribution in [0, 0.1) is 0 Å². The second kappa shape index (κ2) is 9.60. The molecule has 0 bridgehead atoms. The van der Waals surface area contributed by atoms with Gasteiger partial charge in [-0.05, 0) is 44.9 Å². The summed E-state index contributed by atoms with van der Waals surface area (Å²) in [6.45, 7) is 8.56. The van der Waals surface area contributed by atoms with Gasteiger partial charge >= 0.3 is 0 Å². The van der Waals surface area contributed by atoms with E-state index in [1.54, 1.807) is 26.2 Å². The van der Waals surface area contributed by atoms with Crippen molar-refractivity contribution in [1.82, 2.24) is 9.62 Å². The van der Waals surface area contributed by atoms with E-state index < -0.39 is 11.4 Å².